The molecule has 0 bridgehead atoms. The van der Waals surface area contributed by atoms with E-state index in [1.807, 2.05) is 51.1 Å². The minimum atomic E-state index is 0.322. The number of hydrogen-bond acceptors (Lipinski definition) is 4. The summed E-state index contributed by atoms with van der Waals surface area (Å²) in [5.41, 5.74) is 4.22. The summed E-state index contributed by atoms with van der Waals surface area (Å²) >= 11 is 0. The van der Waals surface area contributed by atoms with E-state index >= 15 is 0 Å². The fourth-order valence-electron chi connectivity index (χ4n) is 2.61. The van der Waals surface area contributed by atoms with Crippen molar-refractivity contribution in [3.05, 3.63) is 52.6 Å². The second-order valence-corrected chi connectivity index (χ2v) is 5.17. The number of ether oxygens (including phenoxy) is 1. The monoisotopic (exact) mass is 295 g/mol. The Kier molecular flexibility index (Phi) is 3.63. The molecular weight excluding hydrogens is 278 g/mol. The van der Waals surface area contributed by atoms with Crippen LogP contribution in [0.2, 0.25) is 0 Å². The summed E-state index contributed by atoms with van der Waals surface area (Å²) < 4.78 is 7.32. The van der Waals surface area contributed by atoms with Crippen LogP contribution in [0.1, 0.15) is 18.1 Å². The van der Waals surface area contributed by atoms with Gasteiger partial charge in [0.25, 0.3) is 0 Å². The van der Waals surface area contributed by atoms with E-state index in [0.29, 0.717) is 23.8 Å². The highest BCUT2D eigenvalue weighted by atomic mass is 16.5. The molecule has 0 unspecified atom stereocenters. The van der Waals surface area contributed by atoms with E-state index in [1.165, 1.54) is 0 Å². The molecule has 0 fully saturated rings. The van der Waals surface area contributed by atoms with Crippen LogP contribution in [0.25, 0.3) is 16.9 Å². The molecule has 0 atom stereocenters. The maximum absolute atomic E-state index is 11.3. The van der Waals surface area contributed by atoms with E-state index in [2.05, 4.69) is 10.2 Å². The Hall–Kier alpha value is -2.69. The maximum atomic E-state index is 11.3. The largest absolute Gasteiger partial charge is 0.494 e. The smallest absolute Gasteiger partial charge is 0.209 e. The van der Waals surface area contributed by atoms with Gasteiger partial charge in [0.1, 0.15) is 17.1 Å². The number of aryl methyl sites for hydroxylation is 2. The molecule has 0 radical (unpaired) electrons. The molecule has 0 aliphatic heterocycles. The Labute approximate surface area is 128 Å². The van der Waals surface area contributed by atoms with Crippen LogP contribution in [0, 0.1) is 18.8 Å². The molecule has 0 aliphatic carbocycles. The van der Waals surface area contributed by atoms with Crippen molar-refractivity contribution in [1.82, 2.24) is 9.38 Å². The summed E-state index contributed by atoms with van der Waals surface area (Å²) in [7, 11) is 0. The van der Waals surface area contributed by atoms with Crippen molar-refractivity contribution < 1.29 is 4.74 Å². The van der Waals surface area contributed by atoms with E-state index in [0.717, 1.165) is 22.4 Å². The summed E-state index contributed by atoms with van der Waals surface area (Å²) in [6.45, 7) is 6.54. The van der Waals surface area contributed by atoms with Gasteiger partial charge in [0.15, 0.2) is 0 Å². The minimum Gasteiger partial charge on any atom is -0.494 e. The predicted molar refractivity (Wildman–Crippen MR) is 86.7 cm³/mol. The standard InChI is InChI=1S/C17H17N3O2/c1-4-22-14-10-11(2)13(9-12(14)3)16-17(19-21)20-8-6-5-7-15(20)18-16/h5-10H,4H2,1-3H3. The van der Waals surface area contributed by atoms with Gasteiger partial charge in [-0.1, -0.05) is 6.07 Å². The zero-order valence-electron chi connectivity index (χ0n) is 12.8. The molecule has 0 spiro atoms. The summed E-state index contributed by atoms with van der Waals surface area (Å²) in [6.07, 6.45) is 1.79. The Bertz CT molecular complexity index is 852. The number of nitroso groups, excluding NO2 is 1. The molecule has 0 aliphatic rings. The highest BCUT2D eigenvalue weighted by Gasteiger charge is 2.17. The van der Waals surface area contributed by atoms with Gasteiger partial charge in [0.05, 0.1) is 6.61 Å². The van der Waals surface area contributed by atoms with Crippen molar-refractivity contribution in [2.75, 3.05) is 6.61 Å². The fraction of sp³-hybridized carbons (Fsp3) is 0.235. The molecular formula is C17H17N3O2. The maximum Gasteiger partial charge on any atom is 0.209 e. The third kappa shape index (κ3) is 2.24. The van der Waals surface area contributed by atoms with Crippen molar-refractivity contribution in [3.8, 4) is 17.0 Å². The molecule has 2 heterocycles. The van der Waals surface area contributed by atoms with Crippen LogP contribution in [-0.2, 0) is 0 Å². The van der Waals surface area contributed by atoms with E-state index in [1.54, 1.807) is 10.6 Å². The van der Waals surface area contributed by atoms with Crippen LogP contribution in [-0.4, -0.2) is 16.0 Å². The van der Waals surface area contributed by atoms with Gasteiger partial charge in [0.2, 0.25) is 5.82 Å². The number of fused-ring (bicyclic) bond motifs is 1. The fourth-order valence-corrected chi connectivity index (χ4v) is 2.61. The molecule has 0 saturated carbocycles. The number of imidazole rings is 1. The molecule has 2 aromatic heterocycles. The number of pyridine rings is 1. The lowest BCUT2D eigenvalue weighted by Gasteiger charge is -2.11. The number of nitrogens with zero attached hydrogens (tertiary/aromatic N) is 3. The van der Waals surface area contributed by atoms with Gasteiger partial charge < -0.3 is 4.74 Å². The summed E-state index contributed by atoms with van der Waals surface area (Å²) in [4.78, 5) is 15.9. The van der Waals surface area contributed by atoms with Crippen LogP contribution < -0.4 is 4.74 Å². The van der Waals surface area contributed by atoms with Gasteiger partial charge >= 0.3 is 0 Å². The SMILES string of the molecule is CCOc1cc(C)c(-c2nc3ccccn3c2N=O)cc1C. The van der Waals surface area contributed by atoms with Crippen molar-refractivity contribution in [3.63, 3.8) is 0 Å². The van der Waals surface area contributed by atoms with Crippen molar-refractivity contribution >= 4 is 11.5 Å². The Morgan fingerprint density at radius 2 is 2.05 bits per heavy atom. The van der Waals surface area contributed by atoms with E-state index in [-0.39, 0.29) is 0 Å². The van der Waals surface area contributed by atoms with Crippen molar-refractivity contribution in [1.29, 1.82) is 0 Å². The first-order valence-electron chi connectivity index (χ1n) is 7.20. The third-order valence-electron chi connectivity index (χ3n) is 3.67. The van der Waals surface area contributed by atoms with Crippen LogP contribution >= 0.6 is 0 Å². The number of aromatic nitrogens is 2. The van der Waals surface area contributed by atoms with Crippen LogP contribution in [0.15, 0.2) is 41.7 Å². The zero-order chi connectivity index (χ0) is 15.7. The Morgan fingerprint density at radius 1 is 1.23 bits per heavy atom. The Morgan fingerprint density at radius 3 is 2.77 bits per heavy atom. The molecule has 3 aromatic rings. The topological polar surface area (TPSA) is 56.0 Å². The Balaban J connectivity index is 2.23. The van der Waals surface area contributed by atoms with Gasteiger partial charge in [-0.3, -0.25) is 4.40 Å². The van der Waals surface area contributed by atoms with Gasteiger partial charge in [-0.15, -0.1) is 4.91 Å². The van der Waals surface area contributed by atoms with E-state index in [9.17, 15) is 4.91 Å². The number of hydrogen-bond donors (Lipinski definition) is 0. The average Bonchev–Trinajstić information content (AvgIpc) is 2.89. The van der Waals surface area contributed by atoms with Crippen LogP contribution in [0.3, 0.4) is 0 Å². The summed E-state index contributed by atoms with van der Waals surface area (Å²) in [5.74, 6) is 1.18. The van der Waals surface area contributed by atoms with E-state index < -0.39 is 0 Å². The minimum absolute atomic E-state index is 0.322. The lowest BCUT2D eigenvalue weighted by atomic mass is 10.0. The second kappa shape index (κ2) is 5.60. The van der Waals surface area contributed by atoms with Gasteiger partial charge in [-0.25, -0.2) is 4.98 Å². The molecule has 0 amide bonds. The predicted octanol–water partition coefficient (Wildman–Crippen LogP) is 4.41. The first-order chi connectivity index (χ1) is 10.7. The zero-order valence-corrected chi connectivity index (χ0v) is 12.8. The van der Waals surface area contributed by atoms with Gasteiger partial charge in [-0.05, 0) is 61.3 Å². The molecule has 5 heteroatoms. The third-order valence-corrected chi connectivity index (χ3v) is 3.67. The van der Waals surface area contributed by atoms with Gasteiger partial charge in [-0.2, -0.15) is 0 Å². The highest BCUT2D eigenvalue weighted by Crippen LogP contribution is 2.35. The number of benzene rings is 1. The normalized spacial score (nSPS) is 10.9. The second-order valence-electron chi connectivity index (χ2n) is 5.17. The quantitative estimate of drug-likeness (QED) is 0.670. The lowest BCUT2D eigenvalue weighted by Crippen LogP contribution is -1.96. The lowest BCUT2D eigenvalue weighted by molar-refractivity contribution is 0.337. The highest BCUT2D eigenvalue weighted by molar-refractivity contribution is 5.77. The van der Waals surface area contributed by atoms with Crippen molar-refractivity contribution in [2.45, 2.75) is 20.8 Å². The first-order valence-corrected chi connectivity index (χ1v) is 7.20. The first kappa shape index (κ1) is 14.3. The average molecular weight is 295 g/mol. The number of rotatable bonds is 4. The van der Waals surface area contributed by atoms with Gasteiger partial charge in [0, 0.05) is 11.8 Å². The molecule has 0 saturated heterocycles. The molecule has 3 rings (SSSR count). The molecule has 0 N–H and O–H groups in total. The summed E-state index contributed by atoms with van der Waals surface area (Å²) in [6, 6.07) is 9.57. The van der Waals surface area contributed by atoms with Crippen LogP contribution in [0.5, 0.6) is 5.75 Å². The molecule has 5 nitrogen and oxygen atoms in total. The summed E-state index contributed by atoms with van der Waals surface area (Å²) in [5, 5.41) is 3.18. The van der Waals surface area contributed by atoms with Crippen molar-refractivity contribution in [2.24, 2.45) is 5.18 Å². The molecule has 1 aromatic carbocycles. The van der Waals surface area contributed by atoms with Crippen LogP contribution in [0.4, 0.5) is 5.82 Å². The molecule has 22 heavy (non-hydrogen) atoms. The van der Waals surface area contributed by atoms with E-state index in [4.69, 9.17) is 4.74 Å². The molecule has 112 valence electrons.